The molecule has 25 heavy (non-hydrogen) atoms. The molecule has 11 heteroatoms. The standard InChI is InChI=1S/C14H9Cl2F3N2O2S2/c15-7-1-3-8(4-2-7)25(22,23)12-6-10(16)9(14(17,18)19)5-11(12)21-13(20)24/h1-6H,(H3,20,21,24). The summed E-state index contributed by atoms with van der Waals surface area (Å²) in [6.45, 7) is 0. The van der Waals surface area contributed by atoms with Crippen molar-refractivity contribution in [2.75, 3.05) is 5.32 Å². The topological polar surface area (TPSA) is 72.2 Å². The van der Waals surface area contributed by atoms with Gasteiger partial charge in [-0.3, -0.25) is 0 Å². The van der Waals surface area contributed by atoms with Crippen LogP contribution in [0, 0.1) is 0 Å². The molecule has 0 aliphatic carbocycles. The number of rotatable bonds is 3. The van der Waals surface area contributed by atoms with Gasteiger partial charge in [-0.15, -0.1) is 0 Å². The third-order valence-electron chi connectivity index (χ3n) is 3.05. The van der Waals surface area contributed by atoms with Crippen molar-refractivity contribution in [1.29, 1.82) is 0 Å². The number of hydrogen-bond acceptors (Lipinski definition) is 3. The average molecular weight is 429 g/mol. The van der Waals surface area contributed by atoms with Gasteiger partial charge in [0.05, 0.1) is 26.1 Å². The minimum Gasteiger partial charge on any atom is -0.376 e. The summed E-state index contributed by atoms with van der Waals surface area (Å²) in [5, 5.41) is 1.37. The fourth-order valence-corrected chi connectivity index (χ4v) is 3.96. The molecule has 0 fully saturated rings. The number of nitrogens with one attached hydrogen (secondary N) is 1. The van der Waals surface area contributed by atoms with Crippen LogP contribution >= 0.6 is 35.4 Å². The van der Waals surface area contributed by atoms with Crippen LogP contribution in [0.25, 0.3) is 0 Å². The molecule has 0 saturated carbocycles. The number of nitrogens with two attached hydrogens (primary N) is 1. The molecule has 2 aromatic rings. The van der Waals surface area contributed by atoms with E-state index < -0.39 is 42.3 Å². The van der Waals surface area contributed by atoms with Crippen LogP contribution in [-0.4, -0.2) is 13.5 Å². The minimum atomic E-state index is -4.79. The molecule has 0 amide bonds. The Hall–Kier alpha value is -1.55. The number of sulfone groups is 1. The van der Waals surface area contributed by atoms with Crippen LogP contribution in [0.3, 0.4) is 0 Å². The molecular weight excluding hydrogens is 420 g/mol. The molecule has 0 unspecified atom stereocenters. The van der Waals surface area contributed by atoms with Gasteiger partial charge in [-0.2, -0.15) is 13.2 Å². The second-order valence-electron chi connectivity index (χ2n) is 4.77. The van der Waals surface area contributed by atoms with Crippen molar-refractivity contribution in [3.05, 3.63) is 52.0 Å². The highest BCUT2D eigenvalue weighted by molar-refractivity contribution is 7.91. The predicted octanol–water partition coefficient (Wildman–Crippen LogP) is 4.50. The largest absolute Gasteiger partial charge is 0.417 e. The van der Waals surface area contributed by atoms with E-state index in [0.29, 0.717) is 17.2 Å². The van der Waals surface area contributed by atoms with E-state index in [1.807, 2.05) is 0 Å². The first-order valence-electron chi connectivity index (χ1n) is 6.41. The van der Waals surface area contributed by atoms with Crippen LogP contribution in [-0.2, 0) is 16.0 Å². The van der Waals surface area contributed by atoms with Gasteiger partial charge in [-0.1, -0.05) is 23.2 Å². The van der Waals surface area contributed by atoms with Crippen LogP contribution in [0.4, 0.5) is 18.9 Å². The zero-order chi connectivity index (χ0) is 19.0. The molecule has 0 atom stereocenters. The van der Waals surface area contributed by atoms with Gasteiger partial charge in [0.1, 0.15) is 0 Å². The van der Waals surface area contributed by atoms with Gasteiger partial charge >= 0.3 is 6.18 Å². The Balaban J connectivity index is 2.72. The van der Waals surface area contributed by atoms with Crippen LogP contribution < -0.4 is 11.1 Å². The van der Waals surface area contributed by atoms with Gasteiger partial charge in [0.15, 0.2) is 5.11 Å². The summed E-state index contributed by atoms with van der Waals surface area (Å²) in [4.78, 5) is -0.681. The highest BCUT2D eigenvalue weighted by atomic mass is 35.5. The lowest BCUT2D eigenvalue weighted by molar-refractivity contribution is -0.137. The summed E-state index contributed by atoms with van der Waals surface area (Å²) in [5.41, 5.74) is 3.64. The molecule has 0 aliphatic heterocycles. The van der Waals surface area contributed by atoms with Gasteiger partial charge < -0.3 is 11.1 Å². The van der Waals surface area contributed by atoms with Crippen molar-refractivity contribution in [2.45, 2.75) is 16.0 Å². The second-order valence-corrected chi connectivity index (χ2v) is 7.97. The maximum Gasteiger partial charge on any atom is 0.417 e. The summed E-state index contributed by atoms with van der Waals surface area (Å²) < 4.78 is 64.6. The molecule has 0 spiro atoms. The lowest BCUT2D eigenvalue weighted by atomic mass is 10.2. The SMILES string of the molecule is NC(=S)Nc1cc(C(F)(F)F)c(Cl)cc1S(=O)(=O)c1ccc(Cl)cc1. The van der Waals surface area contributed by atoms with E-state index in [4.69, 9.17) is 28.9 Å². The fraction of sp³-hybridized carbons (Fsp3) is 0.0714. The van der Waals surface area contributed by atoms with Crippen molar-refractivity contribution in [3.8, 4) is 0 Å². The predicted molar refractivity (Wildman–Crippen MR) is 93.8 cm³/mol. The maximum atomic E-state index is 13.0. The smallest absolute Gasteiger partial charge is 0.376 e. The Kier molecular flexibility index (Phi) is 5.53. The van der Waals surface area contributed by atoms with E-state index in [-0.39, 0.29) is 4.90 Å². The molecule has 0 aliphatic rings. The molecule has 0 bridgehead atoms. The number of thiocarbonyl (C=S) groups is 1. The summed E-state index contributed by atoms with van der Waals surface area (Å²) in [7, 11) is -4.20. The molecule has 3 N–H and O–H groups in total. The van der Waals surface area contributed by atoms with Gasteiger partial charge in [0, 0.05) is 5.02 Å². The van der Waals surface area contributed by atoms with Crippen molar-refractivity contribution >= 4 is 56.1 Å². The molecule has 0 heterocycles. The summed E-state index contributed by atoms with van der Waals surface area (Å²) >= 11 is 16.0. The summed E-state index contributed by atoms with van der Waals surface area (Å²) in [6.07, 6.45) is -4.79. The van der Waals surface area contributed by atoms with E-state index in [2.05, 4.69) is 17.5 Å². The fourth-order valence-electron chi connectivity index (χ4n) is 1.97. The lowest BCUT2D eigenvalue weighted by Gasteiger charge is -2.16. The summed E-state index contributed by atoms with van der Waals surface area (Å²) in [5.74, 6) is 0. The molecule has 134 valence electrons. The Bertz CT molecular complexity index is 930. The Morgan fingerprint density at radius 1 is 1.12 bits per heavy atom. The zero-order valence-electron chi connectivity index (χ0n) is 12.1. The molecule has 0 aromatic heterocycles. The lowest BCUT2D eigenvalue weighted by Crippen LogP contribution is -2.21. The molecule has 0 saturated heterocycles. The van der Waals surface area contributed by atoms with Crippen molar-refractivity contribution in [1.82, 2.24) is 0 Å². The van der Waals surface area contributed by atoms with Gasteiger partial charge in [-0.05, 0) is 48.6 Å². The minimum absolute atomic E-state index is 0.182. The van der Waals surface area contributed by atoms with Crippen LogP contribution in [0.5, 0.6) is 0 Å². The Morgan fingerprint density at radius 2 is 1.68 bits per heavy atom. The third kappa shape index (κ3) is 4.35. The number of alkyl halides is 3. The van der Waals surface area contributed by atoms with Crippen molar-refractivity contribution < 1.29 is 21.6 Å². The summed E-state index contributed by atoms with van der Waals surface area (Å²) in [6, 6.07) is 6.35. The van der Waals surface area contributed by atoms with Gasteiger partial charge in [0.2, 0.25) is 9.84 Å². The second kappa shape index (κ2) is 6.99. The maximum absolute atomic E-state index is 13.0. The van der Waals surface area contributed by atoms with Gasteiger partial charge in [0.25, 0.3) is 0 Å². The van der Waals surface area contributed by atoms with Crippen molar-refractivity contribution in [3.63, 3.8) is 0 Å². The highest BCUT2D eigenvalue weighted by Gasteiger charge is 2.35. The van der Waals surface area contributed by atoms with E-state index in [0.717, 1.165) is 0 Å². The van der Waals surface area contributed by atoms with E-state index in [1.54, 1.807) is 0 Å². The molecule has 0 radical (unpaired) electrons. The van der Waals surface area contributed by atoms with Gasteiger partial charge in [-0.25, -0.2) is 8.42 Å². The normalized spacial score (nSPS) is 12.0. The monoisotopic (exact) mass is 428 g/mol. The first-order chi connectivity index (χ1) is 11.4. The van der Waals surface area contributed by atoms with Crippen molar-refractivity contribution in [2.24, 2.45) is 5.73 Å². The number of benzene rings is 2. The Labute approximate surface area is 156 Å². The van der Waals surface area contributed by atoms with Crippen LogP contribution in [0.15, 0.2) is 46.2 Å². The zero-order valence-corrected chi connectivity index (χ0v) is 15.2. The average Bonchev–Trinajstić information content (AvgIpc) is 2.47. The molecular formula is C14H9Cl2F3N2O2S2. The number of anilines is 1. The number of hydrogen-bond donors (Lipinski definition) is 2. The molecule has 2 rings (SSSR count). The van der Waals surface area contributed by atoms with Crippen LogP contribution in [0.1, 0.15) is 5.56 Å². The first kappa shape index (κ1) is 19.8. The molecule has 4 nitrogen and oxygen atoms in total. The Morgan fingerprint density at radius 3 is 2.16 bits per heavy atom. The van der Waals surface area contributed by atoms with E-state index >= 15 is 0 Å². The van der Waals surface area contributed by atoms with Crippen LogP contribution in [0.2, 0.25) is 10.0 Å². The molecule has 2 aromatic carbocycles. The third-order valence-corrected chi connectivity index (χ3v) is 5.52. The van der Waals surface area contributed by atoms with E-state index in [9.17, 15) is 21.6 Å². The first-order valence-corrected chi connectivity index (χ1v) is 9.05. The van der Waals surface area contributed by atoms with E-state index in [1.165, 1.54) is 24.3 Å². The highest BCUT2D eigenvalue weighted by Crippen LogP contribution is 2.40. The number of halogens is 5. The quantitative estimate of drug-likeness (QED) is 0.704.